The Kier molecular flexibility index (Phi) is 5.52. The van der Waals surface area contributed by atoms with Crippen LogP contribution in [0.4, 0.5) is 0 Å². The standard InChI is InChI=1S/C22H23NO2S/c1-14-5-9-18(10-6-14)26-21-19-11-7-16(15(2)22(24)23-3)13-17(19)8-12-20(21)25-4/h5-13,15H,1-4H3,(H,23,24)/t15-/m0/s1. The fourth-order valence-corrected chi connectivity index (χ4v) is 3.98. The molecular weight excluding hydrogens is 342 g/mol. The minimum absolute atomic E-state index is 0.0205. The molecule has 0 fully saturated rings. The first-order chi connectivity index (χ1) is 12.5. The number of fused-ring (bicyclic) bond motifs is 1. The zero-order valence-corrected chi connectivity index (χ0v) is 16.3. The van der Waals surface area contributed by atoms with Crippen LogP contribution in [0.5, 0.6) is 5.75 Å². The van der Waals surface area contributed by atoms with Crippen molar-refractivity contribution in [1.82, 2.24) is 5.32 Å². The number of benzene rings is 3. The number of amides is 1. The van der Waals surface area contributed by atoms with Gasteiger partial charge < -0.3 is 10.1 Å². The van der Waals surface area contributed by atoms with E-state index in [9.17, 15) is 4.79 Å². The van der Waals surface area contributed by atoms with E-state index in [-0.39, 0.29) is 11.8 Å². The molecule has 26 heavy (non-hydrogen) atoms. The molecule has 0 radical (unpaired) electrons. The Morgan fingerprint density at radius 2 is 1.81 bits per heavy atom. The molecule has 0 unspecified atom stereocenters. The zero-order chi connectivity index (χ0) is 18.7. The van der Waals surface area contributed by atoms with Crippen LogP contribution in [-0.2, 0) is 4.79 Å². The number of carbonyl (C=O) groups excluding carboxylic acids is 1. The highest BCUT2D eigenvalue weighted by Crippen LogP contribution is 2.41. The van der Waals surface area contributed by atoms with E-state index in [1.54, 1.807) is 25.9 Å². The molecule has 1 amide bonds. The highest BCUT2D eigenvalue weighted by molar-refractivity contribution is 7.99. The average Bonchev–Trinajstić information content (AvgIpc) is 2.68. The number of nitrogens with one attached hydrogen (secondary N) is 1. The number of aryl methyl sites for hydroxylation is 1. The van der Waals surface area contributed by atoms with Crippen LogP contribution in [0.2, 0.25) is 0 Å². The minimum Gasteiger partial charge on any atom is -0.496 e. The molecule has 3 nitrogen and oxygen atoms in total. The Balaban J connectivity index is 2.05. The monoisotopic (exact) mass is 365 g/mol. The Morgan fingerprint density at radius 1 is 1.08 bits per heavy atom. The molecule has 0 saturated carbocycles. The first-order valence-corrected chi connectivity index (χ1v) is 9.42. The van der Waals surface area contributed by atoms with E-state index in [1.807, 2.05) is 25.1 Å². The molecular formula is C22H23NO2S. The maximum absolute atomic E-state index is 11.9. The third-order valence-electron chi connectivity index (χ3n) is 4.56. The topological polar surface area (TPSA) is 38.3 Å². The fourth-order valence-electron chi connectivity index (χ4n) is 2.93. The summed E-state index contributed by atoms with van der Waals surface area (Å²) < 4.78 is 5.60. The summed E-state index contributed by atoms with van der Waals surface area (Å²) in [5, 5.41) is 4.95. The van der Waals surface area contributed by atoms with Crippen LogP contribution in [0, 0.1) is 6.92 Å². The Labute approximate surface area is 158 Å². The molecule has 0 aliphatic heterocycles. The summed E-state index contributed by atoms with van der Waals surface area (Å²) in [6.45, 7) is 4.01. The maximum atomic E-state index is 11.9. The Bertz CT molecular complexity index is 935. The van der Waals surface area contributed by atoms with Crippen LogP contribution in [-0.4, -0.2) is 20.1 Å². The van der Waals surface area contributed by atoms with Crippen molar-refractivity contribution in [3.8, 4) is 5.75 Å². The SMILES string of the molecule is CNC(=O)[C@@H](C)c1ccc2c(Sc3ccc(C)cc3)c(OC)ccc2c1. The van der Waals surface area contributed by atoms with Crippen molar-refractivity contribution in [3.63, 3.8) is 0 Å². The molecule has 4 heteroatoms. The third kappa shape index (κ3) is 3.70. The number of carbonyl (C=O) groups is 1. The molecule has 3 aromatic carbocycles. The van der Waals surface area contributed by atoms with Gasteiger partial charge in [0.25, 0.3) is 0 Å². The van der Waals surface area contributed by atoms with Crippen molar-refractivity contribution >= 4 is 28.4 Å². The van der Waals surface area contributed by atoms with Gasteiger partial charge >= 0.3 is 0 Å². The van der Waals surface area contributed by atoms with Gasteiger partial charge in [-0.25, -0.2) is 0 Å². The lowest BCUT2D eigenvalue weighted by Gasteiger charge is -2.15. The van der Waals surface area contributed by atoms with Crippen LogP contribution in [0.15, 0.2) is 64.4 Å². The van der Waals surface area contributed by atoms with E-state index in [2.05, 4.69) is 48.6 Å². The fraction of sp³-hybridized carbons (Fsp3) is 0.227. The predicted molar refractivity (Wildman–Crippen MR) is 108 cm³/mol. The second-order valence-corrected chi connectivity index (χ2v) is 7.41. The quantitative estimate of drug-likeness (QED) is 0.679. The van der Waals surface area contributed by atoms with Crippen molar-refractivity contribution < 1.29 is 9.53 Å². The molecule has 0 heterocycles. The molecule has 3 aromatic rings. The molecule has 3 rings (SSSR count). The number of likely N-dealkylation sites (N-methyl/N-ethyl adjacent to an activating group) is 1. The van der Waals surface area contributed by atoms with Crippen molar-refractivity contribution in [3.05, 3.63) is 65.7 Å². The summed E-state index contributed by atoms with van der Waals surface area (Å²) in [5.41, 5.74) is 2.25. The summed E-state index contributed by atoms with van der Waals surface area (Å²) in [7, 11) is 3.36. The zero-order valence-electron chi connectivity index (χ0n) is 15.5. The summed E-state index contributed by atoms with van der Waals surface area (Å²) in [4.78, 5) is 14.2. The molecule has 1 atom stereocenters. The molecule has 0 aliphatic carbocycles. The van der Waals surface area contributed by atoms with E-state index in [0.717, 1.165) is 27.0 Å². The lowest BCUT2D eigenvalue weighted by Crippen LogP contribution is -2.23. The second-order valence-electron chi connectivity index (χ2n) is 6.33. The maximum Gasteiger partial charge on any atom is 0.227 e. The Hall–Kier alpha value is -2.46. The normalized spacial score (nSPS) is 12.0. The molecule has 1 N–H and O–H groups in total. The van der Waals surface area contributed by atoms with Gasteiger partial charge in [-0.15, -0.1) is 0 Å². The van der Waals surface area contributed by atoms with Gasteiger partial charge in [0.15, 0.2) is 0 Å². The highest BCUT2D eigenvalue weighted by Gasteiger charge is 2.16. The molecule has 0 bridgehead atoms. The largest absolute Gasteiger partial charge is 0.496 e. The summed E-state index contributed by atoms with van der Waals surface area (Å²) in [5.74, 6) is 0.696. The average molecular weight is 365 g/mol. The van der Waals surface area contributed by atoms with Gasteiger partial charge in [-0.05, 0) is 48.4 Å². The van der Waals surface area contributed by atoms with Crippen molar-refractivity contribution in [1.29, 1.82) is 0 Å². The lowest BCUT2D eigenvalue weighted by molar-refractivity contribution is -0.121. The number of hydrogen-bond acceptors (Lipinski definition) is 3. The predicted octanol–water partition coefficient (Wildman–Crippen LogP) is 5.16. The van der Waals surface area contributed by atoms with Crippen molar-refractivity contribution in [2.75, 3.05) is 14.2 Å². The van der Waals surface area contributed by atoms with Crippen LogP contribution in [0.1, 0.15) is 24.0 Å². The van der Waals surface area contributed by atoms with E-state index in [1.165, 1.54) is 10.5 Å². The third-order valence-corrected chi connectivity index (χ3v) is 5.69. The lowest BCUT2D eigenvalue weighted by atomic mass is 9.97. The molecule has 0 saturated heterocycles. The van der Waals surface area contributed by atoms with E-state index in [4.69, 9.17) is 4.74 Å². The van der Waals surface area contributed by atoms with Crippen LogP contribution in [0.25, 0.3) is 10.8 Å². The molecule has 0 aliphatic rings. The minimum atomic E-state index is -0.181. The number of ether oxygens (including phenoxy) is 1. The van der Waals surface area contributed by atoms with Crippen LogP contribution >= 0.6 is 11.8 Å². The van der Waals surface area contributed by atoms with Gasteiger partial charge in [0, 0.05) is 11.9 Å². The van der Waals surface area contributed by atoms with Crippen LogP contribution < -0.4 is 10.1 Å². The van der Waals surface area contributed by atoms with Gasteiger partial charge in [0.05, 0.1) is 17.9 Å². The van der Waals surface area contributed by atoms with Crippen molar-refractivity contribution in [2.45, 2.75) is 29.6 Å². The first kappa shape index (κ1) is 18.3. The molecule has 0 aromatic heterocycles. The van der Waals surface area contributed by atoms with Gasteiger partial charge in [-0.3, -0.25) is 4.79 Å². The van der Waals surface area contributed by atoms with Crippen molar-refractivity contribution in [2.24, 2.45) is 0 Å². The molecule has 134 valence electrons. The first-order valence-electron chi connectivity index (χ1n) is 8.60. The van der Waals surface area contributed by atoms with E-state index in [0.29, 0.717) is 0 Å². The van der Waals surface area contributed by atoms with Gasteiger partial charge in [0.1, 0.15) is 5.75 Å². The second kappa shape index (κ2) is 7.83. The van der Waals surface area contributed by atoms with Gasteiger partial charge in [-0.1, -0.05) is 53.7 Å². The van der Waals surface area contributed by atoms with Crippen LogP contribution in [0.3, 0.4) is 0 Å². The van der Waals surface area contributed by atoms with E-state index < -0.39 is 0 Å². The molecule has 0 spiro atoms. The summed E-state index contributed by atoms with van der Waals surface area (Å²) in [6.07, 6.45) is 0. The van der Waals surface area contributed by atoms with Gasteiger partial charge in [0.2, 0.25) is 5.91 Å². The number of hydrogen-bond donors (Lipinski definition) is 1. The highest BCUT2D eigenvalue weighted by atomic mass is 32.2. The smallest absolute Gasteiger partial charge is 0.227 e. The van der Waals surface area contributed by atoms with Gasteiger partial charge in [-0.2, -0.15) is 0 Å². The Morgan fingerprint density at radius 3 is 2.46 bits per heavy atom. The summed E-state index contributed by atoms with van der Waals surface area (Å²) in [6, 6.07) is 18.7. The number of rotatable bonds is 5. The number of methoxy groups -OCH3 is 1. The summed E-state index contributed by atoms with van der Waals surface area (Å²) >= 11 is 1.70. The van der Waals surface area contributed by atoms with E-state index >= 15 is 0 Å².